The number of anilines is 1. The number of benzene rings is 1. The maximum Gasteiger partial charge on any atom is 0.121 e. The van der Waals surface area contributed by atoms with Crippen LogP contribution in [0, 0.1) is 0 Å². The van der Waals surface area contributed by atoms with Crippen LogP contribution in [0.5, 0.6) is 5.75 Å². The number of ether oxygens (including phenoxy) is 2. The molecule has 102 valence electrons. The van der Waals surface area contributed by atoms with Crippen molar-refractivity contribution in [2.45, 2.75) is 18.9 Å². The van der Waals surface area contributed by atoms with Crippen molar-refractivity contribution in [1.82, 2.24) is 0 Å². The summed E-state index contributed by atoms with van der Waals surface area (Å²) in [4.78, 5) is 0. The van der Waals surface area contributed by atoms with Gasteiger partial charge < -0.3 is 20.5 Å². The summed E-state index contributed by atoms with van der Waals surface area (Å²) < 4.78 is 11.5. The summed E-state index contributed by atoms with van der Waals surface area (Å²) in [5.74, 6) is 0.829. The Kier molecular flexibility index (Phi) is 7.08. The molecule has 0 aliphatic rings. The Bertz CT molecular complexity index is 361. The first kappa shape index (κ1) is 15.3. The lowest BCUT2D eigenvalue weighted by atomic mass is 10.1. The predicted molar refractivity (Wildman–Crippen MR) is 78.3 cm³/mol. The van der Waals surface area contributed by atoms with Gasteiger partial charge in [-0.25, -0.2) is 0 Å². The Balaban J connectivity index is 2.72. The van der Waals surface area contributed by atoms with E-state index in [9.17, 15) is 0 Å². The van der Waals surface area contributed by atoms with Crippen LogP contribution < -0.4 is 15.8 Å². The van der Waals surface area contributed by atoms with E-state index in [1.165, 1.54) is 0 Å². The molecule has 0 aromatic heterocycles. The molecule has 1 aromatic rings. The number of nitrogens with two attached hydrogens (primary N) is 1. The van der Waals surface area contributed by atoms with E-state index in [1.807, 2.05) is 18.2 Å². The lowest BCUT2D eigenvalue weighted by molar-refractivity contribution is 0.182. The molecule has 0 saturated carbocycles. The van der Waals surface area contributed by atoms with Crippen LogP contribution in [0.2, 0.25) is 0 Å². The van der Waals surface area contributed by atoms with Gasteiger partial charge >= 0.3 is 0 Å². The highest BCUT2D eigenvalue weighted by atomic mass is 79.9. The van der Waals surface area contributed by atoms with Gasteiger partial charge in [0, 0.05) is 23.7 Å². The van der Waals surface area contributed by atoms with Crippen LogP contribution in [-0.4, -0.2) is 33.4 Å². The second-order valence-corrected chi connectivity index (χ2v) is 4.93. The molecule has 0 spiro atoms. The minimum Gasteiger partial charge on any atom is -0.497 e. The van der Waals surface area contributed by atoms with E-state index in [-0.39, 0.29) is 6.04 Å². The first-order valence-corrected chi connectivity index (χ1v) is 6.79. The normalized spacial score (nSPS) is 12.2. The zero-order chi connectivity index (χ0) is 13.4. The quantitative estimate of drug-likeness (QED) is 0.774. The van der Waals surface area contributed by atoms with Gasteiger partial charge in [-0.05, 0) is 47.4 Å². The molecular weight excluding hydrogens is 296 g/mol. The van der Waals surface area contributed by atoms with Crippen LogP contribution in [-0.2, 0) is 4.74 Å². The molecule has 1 rings (SSSR count). The zero-order valence-corrected chi connectivity index (χ0v) is 12.5. The van der Waals surface area contributed by atoms with Crippen LogP contribution in [0.25, 0.3) is 0 Å². The first-order valence-electron chi connectivity index (χ1n) is 6.00. The SMILES string of the molecule is COCC(CCCN)Nc1cc(OC)ccc1Br. The summed E-state index contributed by atoms with van der Waals surface area (Å²) in [6, 6.07) is 6.10. The summed E-state index contributed by atoms with van der Waals surface area (Å²) in [6.07, 6.45) is 1.95. The predicted octanol–water partition coefficient (Wildman–Crippen LogP) is 2.62. The zero-order valence-electron chi connectivity index (χ0n) is 10.9. The third-order valence-electron chi connectivity index (χ3n) is 2.66. The maximum atomic E-state index is 5.54. The third kappa shape index (κ3) is 4.84. The number of hydrogen-bond acceptors (Lipinski definition) is 4. The van der Waals surface area contributed by atoms with Gasteiger partial charge in [0.05, 0.1) is 19.4 Å². The summed E-state index contributed by atoms with van der Waals surface area (Å²) in [5, 5.41) is 3.45. The molecule has 0 aliphatic heterocycles. The van der Waals surface area contributed by atoms with Crippen molar-refractivity contribution in [2.75, 3.05) is 32.7 Å². The fraction of sp³-hybridized carbons (Fsp3) is 0.538. The summed E-state index contributed by atoms with van der Waals surface area (Å²) in [5.41, 5.74) is 6.55. The maximum absolute atomic E-state index is 5.54. The number of hydrogen-bond donors (Lipinski definition) is 2. The fourth-order valence-electron chi connectivity index (χ4n) is 1.72. The lowest BCUT2D eigenvalue weighted by Gasteiger charge is -2.20. The van der Waals surface area contributed by atoms with Gasteiger partial charge in [0.15, 0.2) is 0 Å². The van der Waals surface area contributed by atoms with Crippen molar-refractivity contribution >= 4 is 21.6 Å². The fourth-order valence-corrected chi connectivity index (χ4v) is 2.09. The Labute approximate surface area is 117 Å². The molecule has 3 N–H and O–H groups in total. The molecule has 0 aliphatic carbocycles. The second-order valence-electron chi connectivity index (χ2n) is 4.07. The second kappa shape index (κ2) is 8.34. The molecular formula is C13H21BrN2O2. The van der Waals surface area contributed by atoms with Crippen molar-refractivity contribution in [3.05, 3.63) is 22.7 Å². The van der Waals surface area contributed by atoms with E-state index in [0.29, 0.717) is 13.2 Å². The van der Waals surface area contributed by atoms with E-state index in [1.54, 1.807) is 14.2 Å². The van der Waals surface area contributed by atoms with Crippen LogP contribution >= 0.6 is 15.9 Å². The van der Waals surface area contributed by atoms with Gasteiger partial charge in [0.25, 0.3) is 0 Å². The summed E-state index contributed by atoms with van der Waals surface area (Å²) >= 11 is 3.52. The highest BCUT2D eigenvalue weighted by Crippen LogP contribution is 2.28. The van der Waals surface area contributed by atoms with Gasteiger partial charge in [-0.1, -0.05) is 0 Å². The smallest absolute Gasteiger partial charge is 0.121 e. The highest BCUT2D eigenvalue weighted by Gasteiger charge is 2.10. The molecule has 0 bridgehead atoms. The Hall–Kier alpha value is -0.780. The third-order valence-corrected chi connectivity index (χ3v) is 3.35. The van der Waals surface area contributed by atoms with Crippen molar-refractivity contribution in [1.29, 1.82) is 0 Å². The minimum absolute atomic E-state index is 0.252. The van der Waals surface area contributed by atoms with Crippen molar-refractivity contribution in [3.8, 4) is 5.75 Å². The van der Waals surface area contributed by atoms with Gasteiger partial charge in [-0.3, -0.25) is 0 Å². The molecule has 18 heavy (non-hydrogen) atoms. The van der Waals surface area contributed by atoms with Crippen LogP contribution in [0.4, 0.5) is 5.69 Å². The Morgan fingerprint density at radius 1 is 1.39 bits per heavy atom. The highest BCUT2D eigenvalue weighted by molar-refractivity contribution is 9.10. The van der Waals surface area contributed by atoms with Crippen molar-refractivity contribution < 1.29 is 9.47 Å². The summed E-state index contributed by atoms with van der Waals surface area (Å²) in [7, 11) is 3.37. The molecule has 5 heteroatoms. The number of rotatable bonds is 8. The topological polar surface area (TPSA) is 56.5 Å². The number of nitrogens with one attached hydrogen (secondary N) is 1. The van der Waals surface area contributed by atoms with Crippen LogP contribution in [0.1, 0.15) is 12.8 Å². The van der Waals surface area contributed by atoms with Crippen molar-refractivity contribution in [3.63, 3.8) is 0 Å². The molecule has 1 unspecified atom stereocenters. The van der Waals surface area contributed by atoms with E-state index in [0.717, 1.165) is 28.8 Å². The Morgan fingerprint density at radius 2 is 2.17 bits per heavy atom. The number of halogens is 1. The molecule has 0 radical (unpaired) electrons. The Morgan fingerprint density at radius 3 is 2.78 bits per heavy atom. The van der Waals surface area contributed by atoms with Gasteiger partial charge in [-0.15, -0.1) is 0 Å². The molecule has 0 fully saturated rings. The molecule has 0 amide bonds. The average molecular weight is 317 g/mol. The van der Waals surface area contributed by atoms with Crippen LogP contribution in [0.15, 0.2) is 22.7 Å². The average Bonchev–Trinajstić information content (AvgIpc) is 2.38. The number of methoxy groups -OCH3 is 2. The largest absolute Gasteiger partial charge is 0.497 e. The molecule has 1 aromatic carbocycles. The molecule has 0 saturated heterocycles. The molecule has 4 nitrogen and oxygen atoms in total. The summed E-state index contributed by atoms with van der Waals surface area (Å²) in [6.45, 7) is 1.35. The van der Waals surface area contributed by atoms with Crippen LogP contribution in [0.3, 0.4) is 0 Å². The van der Waals surface area contributed by atoms with E-state index >= 15 is 0 Å². The molecule has 0 heterocycles. The van der Waals surface area contributed by atoms with Gasteiger partial charge in [0.1, 0.15) is 5.75 Å². The lowest BCUT2D eigenvalue weighted by Crippen LogP contribution is -2.26. The van der Waals surface area contributed by atoms with E-state index in [2.05, 4.69) is 21.2 Å². The standard InChI is InChI=1S/C13H21BrN2O2/c1-17-9-10(4-3-7-15)16-13-8-11(18-2)5-6-12(13)14/h5-6,8,10,16H,3-4,7,9,15H2,1-2H3. The van der Waals surface area contributed by atoms with Gasteiger partial charge in [0.2, 0.25) is 0 Å². The minimum atomic E-state index is 0.252. The molecule has 1 atom stereocenters. The monoisotopic (exact) mass is 316 g/mol. The van der Waals surface area contributed by atoms with E-state index < -0.39 is 0 Å². The first-order chi connectivity index (χ1) is 8.71. The van der Waals surface area contributed by atoms with Gasteiger partial charge in [-0.2, -0.15) is 0 Å². The van der Waals surface area contributed by atoms with E-state index in [4.69, 9.17) is 15.2 Å². The van der Waals surface area contributed by atoms with Crippen molar-refractivity contribution in [2.24, 2.45) is 5.73 Å².